The van der Waals surface area contributed by atoms with Crippen LogP contribution in [0.5, 0.6) is 0 Å². The third kappa shape index (κ3) is 2.62. The van der Waals surface area contributed by atoms with Gasteiger partial charge in [-0.2, -0.15) is 0 Å². The van der Waals surface area contributed by atoms with E-state index in [0.717, 1.165) is 22.4 Å². The van der Waals surface area contributed by atoms with Crippen LogP contribution >= 0.6 is 0 Å². The monoisotopic (exact) mass is 341 g/mol. The van der Waals surface area contributed by atoms with Crippen LogP contribution in [-0.4, -0.2) is 5.91 Å². The first kappa shape index (κ1) is 16.6. The molecular weight excluding hydrogens is 318 g/mol. The molecule has 1 amide bonds. The molecule has 1 N–H and O–H groups in total. The summed E-state index contributed by atoms with van der Waals surface area (Å²) in [5, 5.41) is 2.96. The Balaban J connectivity index is 1.91. The highest BCUT2D eigenvalue weighted by Crippen LogP contribution is 2.40. The number of carbonyl (C=O) groups is 1. The fraction of sp³-hybridized carbons (Fsp3) is 0.208. The summed E-state index contributed by atoms with van der Waals surface area (Å²) in [6.07, 6.45) is 2.04. The van der Waals surface area contributed by atoms with Gasteiger partial charge >= 0.3 is 0 Å². The molecule has 1 aliphatic heterocycles. The van der Waals surface area contributed by atoms with Crippen molar-refractivity contribution in [3.8, 4) is 11.1 Å². The maximum Gasteiger partial charge on any atom is 0.256 e. The minimum Gasteiger partial charge on any atom is -0.321 e. The Morgan fingerprint density at radius 3 is 2.46 bits per heavy atom. The fourth-order valence-corrected chi connectivity index (χ4v) is 3.79. The van der Waals surface area contributed by atoms with Crippen LogP contribution in [0.2, 0.25) is 0 Å². The summed E-state index contributed by atoms with van der Waals surface area (Å²) in [5.41, 5.74) is 10.0. The second kappa shape index (κ2) is 6.14. The molecule has 3 aliphatic rings. The maximum atomic E-state index is 12.5. The molecule has 0 saturated heterocycles. The number of hydrogen-bond acceptors (Lipinski definition) is 1. The number of anilines is 1. The topological polar surface area (TPSA) is 29.1 Å². The Morgan fingerprint density at radius 1 is 0.923 bits per heavy atom. The first-order chi connectivity index (χ1) is 12.5. The van der Waals surface area contributed by atoms with Gasteiger partial charge in [-0.25, -0.2) is 0 Å². The van der Waals surface area contributed by atoms with Crippen LogP contribution in [0.15, 0.2) is 48.5 Å². The van der Waals surface area contributed by atoms with E-state index < -0.39 is 0 Å². The number of nitrogens with one attached hydrogen (secondary N) is 1. The molecule has 0 bridgehead atoms. The Labute approximate surface area is 154 Å². The van der Waals surface area contributed by atoms with E-state index in [1.807, 2.05) is 30.3 Å². The molecule has 0 spiro atoms. The number of rotatable bonds is 2. The second-order valence-electron chi connectivity index (χ2n) is 7.44. The number of amides is 1. The van der Waals surface area contributed by atoms with E-state index in [0.29, 0.717) is 5.92 Å². The van der Waals surface area contributed by atoms with Crippen LogP contribution in [0.1, 0.15) is 47.6 Å². The predicted octanol–water partition coefficient (Wildman–Crippen LogP) is 6.02. The van der Waals surface area contributed by atoms with Gasteiger partial charge in [0.15, 0.2) is 0 Å². The van der Waals surface area contributed by atoms with Gasteiger partial charge in [-0.15, -0.1) is 0 Å². The maximum absolute atomic E-state index is 12.5. The molecule has 130 valence electrons. The minimum atomic E-state index is -0.0287. The largest absolute Gasteiger partial charge is 0.321 e. The summed E-state index contributed by atoms with van der Waals surface area (Å²) in [6, 6.07) is 16.8. The summed E-state index contributed by atoms with van der Waals surface area (Å²) in [7, 11) is 0. The first-order valence-electron chi connectivity index (χ1n) is 9.12. The Kier molecular flexibility index (Phi) is 3.91. The van der Waals surface area contributed by atoms with Crippen molar-refractivity contribution in [2.24, 2.45) is 0 Å². The van der Waals surface area contributed by atoms with Gasteiger partial charge in [0.05, 0.1) is 0 Å². The van der Waals surface area contributed by atoms with Crippen molar-refractivity contribution in [2.75, 3.05) is 5.32 Å². The third-order valence-corrected chi connectivity index (χ3v) is 5.26. The molecule has 2 aliphatic carbocycles. The van der Waals surface area contributed by atoms with Crippen LogP contribution in [0.3, 0.4) is 0 Å². The molecular formula is C24H23NO. The molecule has 0 aromatic heterocycles. The number of hydrogen-bond donors (Lipinski definition) is 1. The summed E-state index contributed by atoms with van der Waals surface area (Å²) in [5.74, 6) is 0.452. The average Bonchev–Trinajstić information content (AvgIpc) is 3.00. The lowest BCUT2D eigenvalue weighted by atomic mass is 9.99. The van der Waals surface area contributed by atoms with Crippen molar-refractivity contribution < 1.29 is 4.79 Å². The zero-order chi connectivity index (χ0) is 18.4. The van der Waals surface area contributed by atoms with Crippen molar-refractivity contribution in [1.29, 1.82) is 0 Å². The molecule has 1 heterocycles. The van der Waals surface area contributed by atoms with Gasteiger partial charge in [-0.05, 0) is 65.3 Å². The number of benzene rings is 1. The number of para-hydroxylation sites is 1. The molecule has 1 aromatic carbocycles. The summed E-state index contributed by atoms with van der Waals surface area (Å²) in [6.45, 7) is 8.74. The van der Waals surface area contributed by atoms with E-state index >= 15 is 0 Å². The SMILES string of the molecule is Cc1cc(/C=C2/C(=O)Nc3ccccc32)c2c(C)ccc(C(C)C)cc1-2. The van der Waals surface area contributed by atoms with E-state index in [9.17, 15) is 4.79 Å². The molecule has 0 fully saturated rings. The summed E-state index contributed by atoms with van der Waals surface area (Å²) in [4.78, 5) is 12.5. The van der Waals surface area contributed by atoms with Gasteiger partial charge in [0.2, 0.25) is 0 Å². The van der Waals surface area contributed by atoms with Gasteiger partial charge in [-0.1, -0.05) is 56.3 Å². The molecule has 1 aromatic rings. The highest BCUT2D eigenvalue weighted by molar-refractivity contribution is 6.35. The van der Waals surface area contributed by atoms with Crippen molar-refractivity contribution in [2.45, 2.75) is 33.6 Å². The van der Waals surface area contributed by atoms with Gasteiger partial charge in [-0.3, -0.25) is 4.79 Å². The molecule has 2 heteroatoms. The first-order valence-corrected chi connectivity index (χ1v) is 9.12. The highest BCUT2D eigenvalue weighted by Gasteiger charge is 2.24. The van der Waals surface area contributed by atoms with E-state index in [-0.39, 0.29) is 5.91 Å². The molecule has 4 rings (SSSR count). The molecule has 0 unspecified atom stereocenters. The van der Waals surface area contributed by atoms with Gasteiger partial charge in [0.1, 0.15) is 0 Å². The van der Waals surface area contributed by atoms with E-state index in [4.69, 9.17) is 0 Å². The summed E-state index contributed by atoms with van der Waals surface area (Å²) >= 11 is 0. The molecule has 0 radical (unpaired) electrons. The Hall–Kier alpha value is -2.87. The van der Waals surface area contributed by atoms with Crippen LogP contribution in [0, 0.1) is 13.8 Å². The normalized spacial score (nSPS) is 15.0. The van der Waals surface area contributed by atoms with Crippen LogP contribution < -0.4 is 5.32 Å². The van der Waals surface area contributed by atoms with Crippen LogP contribution in [-0.2, 0) is 4.79 Å². The van der Waals surface area contributed by atoms with Crippen molar-refractivity contribution in [1.82, 2.24) is 0 Å². The van der Waals surface area contributed by atoms with Gasteiger partial charge in [0, 0.05) is 16.8 Å². The molecule has 26 heavy (non-hydrogen) atoms. The van der Waals surface area contributed by atoms with Gasteiger partial charge < -0.3 is 5.32 Å². The lowest BCUT2D eigenvalue weighted by Crippen LogP contribution is -2.03. The zero-order valence-corrected chi connectivity index (χ0v) is 15.7. The van der Waals surface area contributed by atoms with Crippen molar-refractivity contribution in [3.63, 3.8) is 0 Å². The lowest BCUT2D eigenvalue weighted by molar-refractivity contribution is -0.110. The van der Waals surface area contributed by atoms with Crippen LogP contribution in [0.25, 0.3) is 22.8 Å². The standard InChI is InChI=1S/C24H23NO/c1-14(2)17-10-9-15(3)23-18(11-16(4)20(23)12-17)13-21-19-7-5-6-8-22(19)25-24(21)26/h5-14H,1-4H3,(H,25,26)/b21-13+. The van der Waals surface area contributed by atoms with E-state index in [1.165, 1.54) is 27.8 Å². The van der Waals surface area contributed by atoms with E-state index in [2.05, 4.69) is 57.3 Å². The average molecular weight is 341 g/mol. The van der Waals surface area contributed by atoms with Crippen molar-refractivity contribution >= 4 is 23.2 Å². The minimum absolute atomic E-state index is 0.0287. The van der Waals surface area contributed by atoms with Gasteiger partial charge in [0.25, 0.3) is 5.91 Å². The molecule has 0 saturated carbocycles. The number of carbonyl (C=O) groups excluding carboxylic acids is 1. The smallest absolute Gasteiger partial charge is 0.256 e. The summed E-state index contributed by atoms with van der Waals surface area (Å²) < 4.78 is 0. The Morgan fingerprint density at radius 2 is 1.69 bits per heavy atom. The zero-order valence-electron chi connectivity index (χ0n) is 15.7. The Bertz CT molecular complexity index is 1030. The second-order valence-corrected chi connectivity index (χ2v) is 7.44. The van der Waals surface area contributed by atoms with Crippen LogP contribution in [0.4, 0.5) is 5.69 Å². The fourth-order valence-electron chi connectivity index (χ4n) is 3.79. The molecule has 0 atom stereocenters. The third-order valence-electron chi connectivity index (χ3n) is 5.26. The lowest BCUT2D eigenvalue weighted by Gasteiger charge is -2.05. The highest BCUT2D eigenvalue weighted by atomic mass is 16.2. The number of fused-ring (bicyclic) bond motifs is 2. The van der Waals surface area contributed by atoms with E-state index in [1.54, 1.807) is 0 Å². The number of aryl methyl sites for hydroxylation is 2. The quantitative estimate of drug-likeness (QED) is 0.567. The van der Waals surface area contributed by atoms with Crippen molar-refractivity contribution in [3.05, 3.63) is 76.3 Å². The predicted molar refractivity (Wildman–Crippen MR) is 110 cm³/mol. The molecule has 2 nitrogen and oxygen atoms in total.